The molecular formula is C18H16FN3O5. The zero-order valence-corrected chi connectivity index (χ0v) is 14.3. The molecule has 0 bridgehead atoms. The second-order valence-corrected chi connectivity index (χ2v) is 5.82. The summed E-state index contributed by atoms with van der Waals surface area (Å²) in [6.45, 7) is -0.127. The number of aromatic hydroxyl groups is 1. The van der Waals surface area contributed by atoms with Crippen LogP contribution in [0.5, 0.6) is 5.75 Å². The molecule has 3 rings (SSSR count). The van der Waals surface area contributed by atoms with Crippen LogP contribution in [0.25, 0.3) is 5.52 Å². The zero-order chi connectivity index (χ0) is 19.6. The first-order chi connectivity index (χ1) is 12.9. The fourth-order valence-corrected chi connectivity index (χ4v) is 2.62. The molecule has 1 aromatic carbocycles. The Morgan fingerprint density at radius 2 is 1.93 bits per heavy atom. The number of nitrogens with zero attached hydrogens (tertiary/aromatic N) is 2. The molecule has 0 spiro atoms. The van der Waals surface area contributed by atoms with E-state index >= 15 is 0 Å². The van der Waals surface area contributed by atoms with Crippen molar-refractivity contribution < 1.29 is 19.0 Å². The average Bonchev–Trinajstić information content (AvgIpc) is 2.63. The van der Waals surface area contributed by atoms with Gasteiger partial charge in [-0.25, -0.2) is 4.39 Å². The Bertz CT molecular complexity index is 1120. The van der Waals surface area contributed by atoms with E-state index in [1.807, 2.05) is 0 Å². The van der Waals surface area contributed by atoms with Crippen molar-refractivity contribution in [2.24, 2.45) is 0 Å². The van der Waals surface area contributed by atoms with Crippen LogP contribution in [0.3, 0.4) is 0 Å². The predicted molar refractivity (Wildman–Crippen MR) is 95.6 cm³/mol. The van der Waals surface area contributed by atoms with Crippen LogP contribution >= 0.6 is 0 Å². The molecule has 0 aliphatic rings. The molecule has 0 saturated heterocycles. The minimum atomic E-state index is -0.879. The number of hydrogen-bond donors (Lipinski definition) is 2. The van der Waals surface area contributed by atoms with Crippen LogP contribution < -0.4 is 16.3 Å². The summed E-state index contributed by atoms with van der Waals surface area (Å²) >= 11 is 0. The number of pyridine rings is 1. The van der Waals surface area contributed by atoms with Gasteiger partial charge in [0.2, 0.25) is 11.3 Å². The van der Waals surface area contributed by atoms with Crippen LogP contribution in [0.2, 0.25) is 0 Å². The van der Waals surface area contributed by atoms with E-state index in [4.69, 9.17) is 0 Å². The lowest BCUT2D eigenvalue weighted by Crippen LogP contribution is -2.26. The number of carbonyl (C=O) groups excluding carboxylic acids is 1. The Morgan fingerprint density at radius 1 is 1.22 bits per heavy atom. The summed E-state index contributed by atoms with van der Waals surface area (Å²) in [5.41, 5.74) is -1.22. The molecule has 140 valence electrons. The number of benzene rings is 1. The molecule has 0 unspecified atom stereocenters. The Morgan fingerprint density at radius 3 is 2.59 bits per heavy atom. The summed E-state index contributed by atoms with van der Waals surface area (Å²) in [4.78, 5) is 36.5. The molecule has 2 aromatic heterocycles. The first kappa shape index (κ1) is 18.3. The molecule has 0 fully saturated rings. The van der Waals surface area contributed by atoms with Gasteiger partial charge >= 0.3 is 0 Å². The number of anilines is 1. The third-order valence-electron chi connectivity index (χ3n) is 3.90. The number of hydrogen-bond acceptors (Lipinski definition) is 5. The summed E-state index contributed by atoms with van der Waals surface area (Å²) in [6.07, 6.45) is 4.17. The van der Waals surface area contributed by atoms with Crippen molar-refractivity contribution in [2.75, 3.05) is 19.0 Å². The van der Waals surface area contributed by atoms with E-state index in [9.17, 15) is 23.9 Å². The average molecular weight is 373 g/mol. The smallest absolute Gasteiger partial charge is 0.279 e. The molecule has 2 heterocycles. The number of rotatable bonds is 5. The van der Waals surface area contributed by atoms with Crippen LogP contribution in [-0.4, -0.2) is 33.7 Å². The van der Waals surface area contributed by atoms with Gasteiger partial charge in [0.15, 0.2) is 11.3 Å². The highest BCUT2D eigenvalue weighted by Crippen LogP contribution is 2.14. The number of nitrogens with one attached hydrogen (secondary N) is 1. The van der Waals surface area contributed by atoms with Crippen LogP contribution in [0.15, 0.2) is 52.4 Å². The lowest BCUT2D eigenvalue weighted by Gasteiger charge is -2.11. The topological polar surface area (TPSA) is 102 Å². The molecule has 3 aromatic rings. The van der Waals surface area contributed by atoms with Crippen molar-refractivity contribution >= 4 is 17.1 Å². The molecule has 0 radical (unpaired) electrons. The van der Waals surface area contributed by atoms with E-state index in [1.165, 1.54) is 58.9 Å². The highest BCUT2D eigenvalue weighted by molar-refractivity contribution is 5.92. The maximum Gasteiger partial charge on any atom is 0.279 e. The summed E-state index contributed by atoms with van der Waals surface area (Å²) in [7, 11) is 1.33. The minimum absolute atomic E-state index is 0.134. The van der Waals surface area contributed by atoms with Crippen molar-refractivity contribution in [3.8, 4) is 5.75 Å². The summed E-state index contributed by atoms with van der Waals surface area (Å²) in [6, 6.07) is 5.62. The van der Waals surface area contributed by atoms with Crippen molar-refractivity contribution in [2.45, 2.75) is 6.54 Å². The number of carbonyl (C=O) groups is 1. The standard InChI is InChI=1S/C18H16FN3O5/c1-27-10-14(23)20-13-9-21-6-7-22(8-11-2-4-12(19)5-3-11)18(26)15(21)17(25)16(13)24/h2-7,9,25H,8,10H2,1H3,(H,20,23). The quantitative estimate of drug-likeness (QED) is 0.693. The van der Waals surface area contributed by atoms with E-state index < -0.39 is 28.5 Å². The lowest BCUT2D eigenvalue weighted by atomic mass is 10.2. The van der Waals surface area contributed by atoms with Gasteiger partial charge < -0.3 is 24.1 Å². The third kappa shape index (κ3) is 3.72. The minimum Gasteiger partial charge on any atom is -0.502 e. The molecule has 0 atom stereocenters. The van der Waals surface area contributed by atoms with Gasteiger partial charge in [-0.3, -0.25) is 14.4 Å². The van der Waals surface area contributed by atoms with Gasteiger partial charge in [0.1, 0.15) is 18.1 Å². The van der Waals surface area contributed by atoms with Gasteiger partial charge in [-0.1, -0.05) is 12.1 Å². The normalized spacial score (nSPS) is 10.9. The highest BCUT2D eigenvalue weighted by Gasteiger charge is 2.16. The monoisotopic (exact) mass is 373 g/mol. The Hall–Kier alpha value is -3.46. The molecule has 8 nitrogen and oxygen atoms in total. The maximum atomic E-state index is 13.0. The molecule has 2 N–H and O–H groups in total. The maximum absolute atomic E-state index is 13.0. The van der Waals surface area contributed by atoms with E-state index in [-0.39, 0.29) is 24.4 Å². The van der Waals surface area contributed by atoms with Crippen LogP contribution in [-0.2, 0) is 16.1 Å². The molecule has 0 aliphatic carbocycles. The zero-order valence-electron chi connectivity index (χ0n) is 14.3. The van der Waals surface area contributed by atoms with Crippen LogP contribution in [0, 0.1) is 5.82 Å². The number of ether oxygens (including phenoxy) is 1. The van der Waals surface area contributed by atoms with E-state index in [0.29, 0.717) is 5.56 Å². The number of aromatic nitrogens is 2. The van der Waals surface area contributed by atoms with Crippen molar-refractivity contribution in [3.63, 3.8) is 0 Å². The van der Waals surface area contributed by atoms with E-state index in [2.05, 4.69) is 10.1 Å². The second kappa shape index (κ2) is 7.42. The van der Waals surface area contributed by atoms with Crippen LogP contribution in [0.1, 0.15) is 5.56 Å². The number of methoxy groups -OCH3 is 1. The van der Waals surface area contributed by atoms with Gasteiger partial charge in [-0.15, -0.1) is 0 Å². The Kier molecular flexibility index (Phi) is 5.04. The summed E-state index contributed by atoms with van der Waals surface area (Å²) < 4.78 is 20.2. The van der Waals surface area contributed by atoms with E-state index in [0.717, 1.165) is 0 Å². The predicted octanol–water partition coefficient (Wildman–Crippen LogP) is 0.939. The molecule has 9 heteroatoms. The third-order valence-corrected chi connectivity index (χ3v) is 3.90. The summed E-state index contributed by atoms with van der Waals surface area (Å²) in [5, 5.41) is 12.5. The fraction of sp³-hybridized carbons (Fsp3) is 0.167. The van der Waals surface area contributed by atoms with Crippen molar-refractivity contribution in [3.05, 3.63) is 74.8 Å². The van der Waals surface area contributed by atoms with Gasteiger partial charge in [0.25, 0.3) is 5.56 Å². The fourth-order valence-electron chi connectivity index (χ4n) is 2.62. The highest BCUT2D eigenvalue weighted by atomic mass is 19.1. The van der Waals surface area contributed by atoms with Gasteiger partial charge in [0, 0.05) is 25.7 Å². The number of halogens is 1. The van der Waals surface area contributed by atoms with Gasteiger partial charge in [0.05, 0.1) is 6.54 Å². The van der Waals surface area contributed by atoms with Crippen molar-refractivity contribution in [1.29, 1.82) is 0 Å². The van der Waals surface area contributed by atoms with Crippen LogP contribution in [0.4, 0.5) is 10.1 Å². The largest absolute Gasteiger partial charge is 0.502 e. The first-order valence-electron chi connectivity index (χ1n) is 7.91. The Labute approximate surface area is 152 Å². The molecule has 1 amide bonds. The number of fused-ring (bicyclic) bond motifs is 1. The molecule has 27 heavy (non-hydrogen) atoms. The Balaban J connectivity index is 2.04. The van der Waals surface area contributed by atoms with Gasteiger partial charge in [-0.2, -0.15) is 0 Å². The van der Waals surface area contributed by atoms with Crippen molar-refractivity contribution in [1.82, 2.24) is 8.97 Å². The first-order valence-corrected chi connectivity index (χ1v) is 7.91. The van der Waals surface area contributed by atoms with Gasteiger partial charge in [-0.05, 0) is 17.7 Å². The lowest BCUT2D eigenvalue weighted by molar-refractivity contribution is -0.119. The SMILES string of the molecule is COCC(=O)Nc1cn2ccn(Cc3ccc(F)cc3)c(=O)c2c(O)c1=O. The second-order valence-electron chi connectivity index (χ2n) is 5.82. The number of amides is 1. The molecule has 0 saturated carbocycles. The summed E-state index contributed by atoms with van der Waals surface area (Å²) in [5.74, 6) is -1.74. The van der Waals surface area contributed by atoms with E-state index in [1.54, 1.807) is 0 Å². The molecule has 0 aliphatic heterocycles. The molecular weight excluding hydrogens is 357 g/mol.